The van der Waals surface area contributed by atoms with Crippen molar-refractivity contribution in [3.8, 4) is 5.75 Å². The number of halogens is 1. The molecule has 0 unspecified atom stereocenters. The average molecular weight is 254 g/mol. The molecule has 0 aliphatic heterocycles. The first-order valence-electron chi connectivity index (χ1n) is 5.03. The van der Waals surface area contributed by atoms with Gasteiger partial charge in [0.15, 0.2) is 0 Å². The summed E-state index contributed by atoms with van der Waals surface area (Å²) in [6, 6.07) is 7.51. The predicted octanol–water partition coefficient (Wildman–Crippen LogP) is 3.73. The Morgan fingerprint density at radius 2 is 2.19 bits per heavy atom. The van der Waals surface area contributed by atoms with E-state index in [9.17, 15) is 0 Å². The van der Waals surface area contributed by atoms with Crippen LogP contribution in [0.5, 0.6) is 5.75 Å². The van der Waals surface area contributed by atoms with Crippen LogP contribution in [-0.4, -0.2) is 11.6 Å². The summed E-state index contributed by atoms with van der Waals surface area (Å²) >= 11 is 7.65. The molecule has 4 heteroatoms. The van der Waals surface area contributed by atoms with Crippen molar-refractivity contribution in [2.45, 2.75) is 13.3 Å². The number of hydrogen-bond acceptors (Lipinski definition) is 3. The molecule has 0 bridgehead atoms. The molecule has 2 rings (SSSR count). The van der Waals surface area contributed by atoms with Gasteiger partial charge < -0.3 is 4.74 Å². The second-order valence-electron chi connectivity index (χ2n) is 3.39. The summed E-state index contributed by atoms with van der Waals surface area (Å²) in [5, 5.41) is 0.656. The first-order valence-corrected chi connectivity index (χ1v) is 6.29. The smallest absolute Gasteiger partial charge is 0.137 e. The Morgan fingerprint density at radius 1 is 1.38 bits per heavy atom. The van der Waals surface area contributed by atoms with Gasteiger partial charge in [-0.2, -0.15) is 0 Å². The average Bonchev–Trinajstić information content (AvgIpc) is 2.67. The molecule has 2 aromatic rings. The minimum atomic E-state index is 0.632. The first kappa shape index (κ1) is 11.4. The minimum absolute atomic E-state index is 0.632. The molecular formula is C12H12ClNOS. The Bertz CT molecular complexity index is 470. The van der Waals surface area contributed by atoms with Gasteiger partial charge >= 0.3 is 0 Å². The lowest BCUT2D eigenvalue weighted by atomic mass is 10.3. The van der Waals surface area contributed by atoms with Gasteiger partial charge in [0.1, 0.15) is 5.75 Å². The lowest BCUT2D eigenvalue weighted by molar-refractivity contribution is 0.323. The van der Waals surface area contributed by atoms with Crippen LogP contribution in [-0.2, 0) is 6.42 Å². The highest BCUT2D eigenvalue weighted by Gasteiger charge is 2.03. The van der Waals surface area contributed by atoms with Crippen LogP contribution in [0.2, 0.25) is 5.02 Å². The Labute approximate surface area is 104 Å². The Kier molecular flexibility index (Phi) is 3.80. The van der Waals surface area contributed by atoms with Crippen molar-refractivity contribution in [1.29, 1.82) is 0 Å². The van der Waals surface area contributed by atoms with Crippen molar-refractivity contribution in [3.63, 3.8) is 0 Å². The van der Waals surface area contributed by atoms with Crippen molar-refractivity contribution >= 4 is 22.9 Å². The van der Waals surface area contributed by atoms with Crippen LogP contribution in [0.4, 0.5) is 0 Å². The van der Waals surface area contributed by atoms with E-state index in [-0.39, 0.29) is 0 Å². The highest BCUT2D eigenvalue weighted by molar-refractivity contribution is 7.09. The molecule has 84 valence electrons. The fraction of sp³-hybridized carbons (Fsp3) is 0.250. The molecule has 0 spiro atoms. The zero-order chi connectivity index (χ0) is 11.4. The number of aryl methyl sites for hydroxylation is 1. The van der Waals surface area contributed by atoms with Gasteiger partial charge in [-0.1, -0.05) is 23.7 Å². The van der Waals surface area contributed by atoms with E-state index in [1.54, 1.807) is 11.3 Å². The third kappa shape index (κ3) is 2.74. The monoisotopic (exact) mass is 253 g/mol. The van der Waals surface area contributed by atoms with E-state index in [2.05, 4.69) is 4.98 Å². The number of thiazole rings is 1. The van der Waals surface area contributed by atoms with Gasteiger partial charge in [0, 0.05) is 11.3 Å². The topological polar surface area (TPSA) is 22.1 Å². The molecule has 1 aromatic carbocycles. The maximum atomic E-state index is 5.98. The van der Waals surface area contributed by atoms with Crippen molar-refractivity contribution < 1.29 is 4.74 Å². The van der Waals surface area contributed by atoms with Crippen LogP contribution >= 0.6 is 22.9 Å². The summed E-state index contributed by atoms with van der Waals surface area (Å²) in [4.78, 5) is 5.47. The molecule has 0 N–H and O–H groups in total. The molecule has 16 heavy (non-hydrogen) atoms. The summed E-state index contributed by atoms with van der Waals surface area (Å²) in [5.74, 6) is 0.742. The number of aromatic nitrogens is 1. The van der Waals surface area contributed by atoms with Gasteiger partial charge in [0.2, 0.25) is 0 Å². The fourth-order valence-corrected chi connectivity index (χ4v) is 2.33. The van der Waals surface area contributed by atoms with Gasteiger partial charge in [0.25, 0.3) is 0 Å². The third-order valence-electron chi connectivity index (χ3n) is 2.27. The highest BCUT2D eigenvalue weighted by Crippen LogP contribution is 2.23. The van der Waals surface area contributed by atoms with Crippen LogP contribution in [0, 0.1) is 6.92 Å². The van der Waals surface area contributed by atoms with Crippen molar-refractivity contribution in [1.82, 2.24) is 4.98 Å². The summed E-state index contributed by atoms with van der Waals surface area (Å²) < 4.78 is 5.61. The zero-order valence-corrected chi connectivity index (χ0v) is 10.5. The molecule has 0 aliphatic carbocycles. The number of ether oxygens (including phenoxy) is 1. The number of para-hydroxylation sites is 1. The van der Waals surface area contributed by atoms with E-state index in [1.807, 2.05) is 36.7 Å². The van der Waals surface area contributed by atoms with Crippen LogP contribution in [0.15, 0.2) is 29.8 Å². The number of rotatable bonds is 4. The van der Waals surface area contributed by atoms with Gasteiger partial charge in [0.05, 0.1) is 22.8 Å². The molecule has 0 atom stereocenters. The Morgan fingerprint density at radius 3 is 2.88 bits per heavy atom. The lowest BCUT2D eigenvalue weighted by Gasteiger charge is -2.06. The number of benzene rings is 1. The normalized spacial score (nSPS) is 10.4. The van der Waals surface area contributed by atoms with Crippen LogP contribution in [0.25, 0.3) is 0 Å². The second kappa shape index (κ2) is 5.32. The molecule has 0 saturated heterocycles. The van der Waals surface area contributed by atoms with E-state index >= 15 is 0 Å². The molecular weight excluding hydrogens is 242 g/mol. The molecule has 0 aliphatic rings. The molecule has 0 amide bonds. The molecule has 0 fully saturated rings. The minimum Gasteiger partial charge on any atom is -0.492 e. The van der Waals surface area contributed by atoms with Crippen LogP contribution in [0.3, 0.4) is 0 Å². The highest BCUT2D eigenvalue weighted by atomic mass is 35.5. The molecule has 0 radical (unpaired) electrons. The van der Waals surface area contributed by atoms with E-state index in [0.717, 1.165) is 17.9 Å². The van der Waals surface area contributed by atoms with Gasteiger partial charge in [-0.25, -0.2) is 4.98 Å². The first-order chi connectivity index (χ1) is 7.77. The van der Waals surface area contributed by atoms with E-state index in [1.165, 1.54) is 4.88 Å². The largest absolute Gasteiger partial charge is 0.492 e. The van der Waals surface area contributed by atoms with Crippen LogP contribution in [0.1, 0.15) is 10.6 Å². The summed E-state index contributed by atoms with van der Waals surface area (Å²) in [7, 11) is 0. The summed E-state index contributed by atoms with van der Waals surface area (Å²) in [6.07, 6.45) is 0.877. The third-order valence-corrected chi connectivity index (χ3v) is 3.58. The standard InChI is InChI=1S/C12H12ClNOS/c1-9-12(16-8-14-9)6-7-15-11-5-3-2-4-10(11)13/h2-5,8H,6-7H2,1H3. The zero-order valence-electron chi connectivity index (χ0n) is 8.94. The van der Waals surface area contributed by atoms with Crippen molar-refractivity contribution in [3.05, 3.63) is 45.4 Å². The van der Waals surface area contributed by atoms with E-state index < -0.39 is 0 Å². The molecule has 1 heterocycles. The fourth-order valence-electron chi connectivity index (χ4n) is 1.38. The summed E-state index contributed by atoms with van der Waals surface area (Å²) in [5.41, 5.74) is 2.95. The van der Waals surface area contributed by atoms with Crippen LogP contribution < -0.4 is 4.74 Å². The second-order valence-corrected chi connectivity index (χ2v) is 4.74. The maximum absolute atomic E-state index is 5.98. The Balaban J connectivity index is 1.89. The van der Waals surface area contributed by atoms with Crippen molar-refractivity contribution in [2.75, 3.05) is 6.61 Å². The van der Waals surface area contributed by atoms with Gasteiger partial charge in [-0.15, -0.1) is 11.3 Å². The predicted molar refractivity (Wildman–Crippen MR) is 67.5 cm³/mol. The molecule has 1 aromatic heterocycles. The van der Waals surface area contributed by atoms with Gasteiger partial charge in [-0.05, 0) is 19.1 Å². The SMILES string of the molecule is Cc1ncsc1CCOc1ccccc1Cl. The van der Waals surface area contributed by atoms with E-state index in [4.69, 9.17) is 16.3 Å². The maximum Gasteiger partial charge on any atom is 0.137 e. The number of hydrogen-bond donors (Lipinski definition) is 0. The van der Waals surface area contributed by atoms with Gasteiger partial charge in [-0.3, -0.25) is 0 Å². The Hall–Kier alpha value is -1.06. The molecule has 2 nitrogen and oxygen atoms in total. The number of nitrogens with zero attached hydrogens (tertiary/aromatic N) is 1. The van der Waals surface area contributed by atoms with Crippen molar-refractivity contribution in [2.24, 2.45) is 0 Å². The summed E-state index contributed by atoms with van der Waals surface area (Å²) in [6.45, 7) is 2.65. The molecule has 0 saturated carbocycles. The quantitative estimate of drug-likeness (QED) is 0.828. The van der Waals surface area contributed by atoms with E-state index in [0.29, 0.717) is 11.6 Å². The lowest BCUT2D eigenvalue weighted by Crippen LogP contribution is -2.01.